The quantitative estimate of drug-likeness (QED) is 0.185. The Morgan fingerprint density at radius 2 is 1.62 bits per heavy atom. The largest absolute Gasteiger partial charge is 0.462 e. The number of thiophene rings is 1. The monoisotopic (exact) mass is 598 g/mol. The fourth-order valence-electron chi connectivity index (χ4n) is 5.27. The van der Waals surface area contributed by atoms with Crippen LogP contribution >= 0.6 is 11.3 Å². The average molecular weight is 599 g/mol. The molecule has 0 spiro atoms. The summed E-state index contributed by atoms with van der Waals surface area (Å²) >= 11 is 1.48. The molecule has 1 aliphatic rings. The van der Waals surface area contributed by atoms with Crippen LogP contribution in [0, 0.1) is 6.92 Å². The first kappa shape index (κ1) is 27.9. The number of rotatable bonds is 8. The van der Waals surface area contributed by atoms with Crippen molar-refractivity contribution in [3.63, 3.8) is 0 Å². The molecule has 0 saturated carbocycles. The first-order valence-electron chi connectivity index (χ1n) is 13.8. The summed E-state index contributed by atoms with van der Waals surface area (Å²) in [6.45, 7) is 3.92. The molecule has 3 aromatic carbocycles. The number of carbonyl (C=O) groups excluding carboxylic acids is 1. The van der Waals surface area contributed by atoms with Crippen LogP contribution in [-0.2, 0) is 27.6 Å². The molecule has 6 rings (SSSR count). The van der Waals surface area contributed by atoms with Gasteiger partial charge in [0, 0.05) is 4.88 Å². The number of nitrogens with one attached hydrogen (secondary N) is 2. The van der Waals surface area contributed by atoms with Gasteiger partial charge in [0.1, 0.15) is 5.00 Å². The highest BCUT2D eigenvalue weighted by molar-refractivity contribution is 7.92. The highest BCUT2D eigenvalue weighted by Gasteiger charge is 2.31. The van der Waals surface area contributed by atoms with Gasteiger partial charge in [0.05, 0.1) is 28.1 Å². The molecule has 1 aliphatic carbocycles. The molecule has 1 atom stereocenters. The van der Waals surface area contributed by atoms with Gasteiger partial charge < -0.3 is 10.1 Å². The number of fused-ring (bicyclic) bond motifs is 2. The predicted molar refractivity (Wildman–Crippen MR) is 166 cm³/mol. The summed E-state index contributed by atoms with van der Waals surface area (Å²) in [6.07, 6.45) is 2.45. The summed E-state index contributed by atoms with van der Waals surface area (Å²) in [7, 11) is -3.97. The van der Waals surface area contributed by atoms with Crippen LogP contribution in [-0.4, -0.2) is 31.0 Å². The van der Waals surface area contributed by atoms with E-state index in [-0.39, 0.29) is 23.1 Å². The number of para-hydroxylation sites is 2. The van der Waals surface area contributed by atoms with E-state index in [1.807, 2.05) is 43.3 Å². The van der Waals surface area contributed by atoms with Gasteiger partial charge in [-0.25, -0.2) is 23.2 Å². The molecule has 0 fully saturated rings. The normalized spacial score (nSPS) is 14.8. The van der Waals surface area contributed by atoms with Crippen molar-refractivity contribution in [2.24, 2.45) is 0 Å². The van der Waals surface area contributed by atoms with Crippen LogP contribution in [0.1, 0.15) is 51.2 Å². The Balaban J connectivity index is 1.41. The van der Waals surface area contributed by atoms with E-state index in [0.29, 0.717) is 27.5 Å². The van der Waals surface area contributed by atoms with Crippen LogP contribution in [0.25, 0.3) is 11.0 Å². The van der Waals surface area contributed by atoms with E-state index in [4.69, 9.17) is 9.72 Å². The average Bonchev–Trinajstić information content (AvgIpc) is 3.35. The number of anilines is 3. The minimum absolute atomic E-state index is 0.0395. The minimum atomic E-state index is -3.97. The Bertz CT molecular complexity index is 1870. The van der Waals surface area contributed by atoms with Crippen molar-refractivity contribution in [3.05, 3.63) is 106 Å². The maximum atomic E-state index is 13.4. The van der Waals surface area contributed by atoms with Gasteiger partial charge in [0.2, 0.25) is 0 Å². The molecular formula is C32H30N4O4S2. The molecule has 214 valence electrons. The second kappa shape index (κ2) is 11.5. The van der Waals surface area contributed by atoms with Gasteiger partial charge in [0.15, 0.2) is 11.6 Å². The van der Waals surface area contributed by atoms with Crippen LogP contribution in [0.5, 0.6) is 0 Å². The number of aryl methyl sites for hydroxylation is 1. The Labute approximate surface area is 248 Å². The van der Waals surface area contributed by atoms with Crippen LogP contribution in [0.2, 0.25) is 0 Å². The molecule has 0 saturated heterocycles. The fraction of sp³-hybridized carbons (Fsp3) is 0.219. The number of nitrogens with zero attached hydrogens (tertiary/aromatic N) is 2. The van der Waals surface area contributed by atoms with E-state index in [0.717, 1.165) is 35.3 Å². The summed E-state index contributed by atoms with van der Waals surface area (Å²) < 4.78 is 34.8. The zero-order valence-electron chi connectivity index (χ0n) is 23.3. The highest BCUT2D eigenvalue weighted by Crippen LogP contribution is 2.44. The number of benzene rings is 3. The van der Waals surface area contributed by atoms with Crippen molar-refractivity contribution in [2.75, 3.05) is 16.6 Å². The smallest absolute Gasteiger partial charge is 0.341 e. The topological polar surface area (TPSA) is 110 Å². The lowest BCUT2D eigenvalue weighted by atomic mass is 9.83. The Hall–Kier alpha value is -4.28. The Morgan fingerprint density at radius 1 is 0.952 bits per heavy atom. The van der Waals surface area contributed by atoms with Crippen LogP contribution in [0.3, 0.4) is 0 Å². The molecule has 0 bridgehead atoms. The molecule has 8 nitrogen and oxygen atoms in total. The number of sulfonamides is 1. The van der Waals surface area contributed by atoms with Gasteiger partial charge in [-0.15, -0.1) is 11.3 Å². The lowest BCUT2D eigenvalue weighted by molar-refractivity contribution is 0.0526. The number of esters is 1. The third kappa shape index (κ3) is 5.60. The Kier molecular flexibility index (Phi) is 7.66. The van der Waals surface area contributed by atoms with Crippen LogP contribution in [0.4, 0.5) is 16.6 Å². The number of aromatic nitrogens is 2. The molecule has 2 aromatic heterocycles. The molecule has 0 amide bonds. The number of ether oxygens (including phenoxy) is 1. The SMILES string of the molecule is CCOC(=O)c1c(Nc2nc3ccccc3nc2NS(=O)(=O)c2ccc(C)cc2)sc2c1CCC(c1ccccc1)C2. The molecule has 2 heterocycles. The minimum Gasteiger partial charge on any atom is -0.462 e. The summed E-state index contributed by atoms with van der Waals surface area (Å²) in [5.41, 5.74) is 4.80. The van der Waals surface area contributed by atoms with Gasteiger partial charge in [-0.1, -0.05) is 60.2 Å². The molecular weight excluding hydrogens is 569 g/mol. The van der Waals surface area contributed by atoms with Crippen LogP contribution < -0.4 is 10.0 Å². The number of hydrogen-bond acceptors (Lipinski definition) is 8. The second-order valence-corrected chi connectivity index (χ2v) is 13.0. The third-order valence-electron chi connectivity index (χ3n) is 7.38. The van der Waals surface area contributed by atoms with Gasteiger partial charge in [-0.05, 0) is 74.4 Å². The second-order valence-electron chi connectivity index (χ2n) is 10.2. The van der Waals surface area contributed by atoms with E-state index in [1.165, 1.54) is 16.9 Å². The van der Waals surface area contributed by atoms with Crippen LogP contribution in [0.15, 0.2) is 83.8 Å². The van der Waals surface area contributed by atoms with E-state index >= 15 is 0 Å². The van der Waals surface area contributed by atoms with Crippen molar-refractivity contribution < 1.29 is 17.9 Å². The van der Waals surface area contributed by atoms with Gasteiger partial charge in [0.25, 0.3) is 10.0 Å². The van der Waals surface area contributed by atoms with Gasteiger partial charge in [-0.2, -0.15) is 0 Å². The molecule has 0 aliphatic heterocycles. The third-order valence-corrected chi connectivity index (χ3v) is 9.91. The van der Waals surface area contributed by atoms with Crippen molar-refractivity contribution in [1.29, 1.82) is 0 Å². The van der Waals surface area contributed by atoms with Crippen molar-refractivity contribution in [2.45, 2.75) is 43.9 Å². The Morgan fingerprint density at radius 3 is 2.31 bits per heavy atom. The lowest BCUT2D eigenvalue weighted by Crippen LogP contribution is -2.17. The molecule has 10 heteroatoms. The summed E-state index contributed by atoms with van der Waals surface area (Å²) in [5.74, 6) is 0.176. The van der Waals surface area contributed by atoms with E-state index in [2.05, 4.69) is 27.2 Å². The van der Waals surface area contributed by atoms with Crippen molar-refractivity contribution in [1.82, 2.24) is 9.97 Å². The highest BCUT2D eigenvalue weighted by atomic mass is 32.2. The van der Waals surface area contributed by atoms with E-state index in [9.17, 15) is 13.2 Å². The van der Waals surface area contributed by atoms with E-state index < -0.39 is 16.0 Å². The number of hydrogen-bond donors (Lipinski definition) is 2. The first-order valence-corrected chi connectivity index (χ1v) is 16.1. The van der Waals surface area contributed by atoms with E-state index in [1.54, 1.807) is 37.3 Å². The molecule has 0 radical (unpaired) electrons. The van der Waals surface area contributed by atoms with Crippen molar-refractivity contribution >= 4 is 55.0 Å². The zero-order valence-corrected chi connectivity index (χ0v) is 24.9. The summed E-state index contributed by atoms with van der Waals surface area (Å²) in [5, 5.41) is 3.85. The molecule has 1 unspecified atom stereocenters. The zero-order chi connectivity index (χ0) is 29.3. The maximum absolute atomic E-state index is 13.4. The fourth-order valence-corrected chi connectivity index (χ4v) is 7.60. The molecule has 5 aromatic rings. The molecule has 42 heavy (non-hydrogen) atoms. The first-order chi connectivity index (χ1) is 20.3. The predicted octanol–water partition coefficient (Wildman–Crippen LogP) is 6.99. The summed E-state index contributed by atoms with van der Waals surface area (Å²) in [6, 6.07) is 24.2. The summed E-state index contributed by atoms with van der Waals surface area (Å²) in [4.78, 5) is 23.8. The maximum Gasteiger partial charge on any atom is 0.341 e. The van der Waals surface area contributed by atoms with Gasteiger partial charge in [-0.3, -0.25) is 4.72 Å². The van der Waals surface area contributed by atoms with Gasteiger partial charge >= 0.3 is 5.97 Å². The number of carbonyl (C=O) groups is 1. The molecule has 2 N–H and O–H groups in total. The van der Waals surface area contributed by atoms with Crippen molar-refractivity contribution in [3.8, 4) is 0 Å². The standard InChI is InChI=1S/C32H30N4O4S2/c1-3-40-32(37)28-24-18-15-22(21-9-5-4-6-10-21)19-27(24)41-31(28)35-29-30(34-26-12-8-7-11-25(26)33-29)36-42(38,39)23-16-13-20(2)14-17-23/h4-14,16-17,22H,3,15,18-19H2,1-2H3,(H,33,35)(H,34,36). The lowest BCUT2D eigenvalue weighted by Gasteiger charge is -2.23.